The molecule has 2 atom stereocenters. The Morgan fingerprint density at radius 1 is 1.30 bits per heavy atom. The lowest BCUT2D eigenvalue weighted by Gasteiger charge is -2.51. The molecule has 2 fully saturated rings. The van der Waals surface area contributed by atoms with Crippen molar-refractivity contribution in [2.24, 2.45) is 0 Å². The molecule has 3 N–H and O–H groups in total. The number of piperidine rings is 1. The Morgan fingerprint density at radius 2 is 2.07 bits per heavy atom. The van der Waals surface area contributed by atoms with Gasteiger partial charge in [0.15, 0.2) is 0 Å². The van der Waals surface area contributed by atoms with E-state index in [-0.39, 0.29) is 23.8 Å². The van der Waals surface area contributed by atoms with Gasteiger partial charge in [0.2, 0.25) is 5.56 Å². The van der Waals surface area contributed by atoms with Gasteiger partial charge in [-0.1, -0.05) is 6.07 Å². The zero-order valence-electron chi connectivity index (χ0n) is 16.7. The summed E-state index contributed by atoms with van der Waals surface area (Å²) in [5.74, 6) is -0.428. The molecular formula is C21H25N3O5S. The van der Waals surface area contributed by atoms with Crippen LogP contribution in [0, 0.1) is 0 Å². The molecule has 8 nitrogen and oxygen atoms in total. The van der Waals surface area contributed by atoms with Crippen LogP contribution in [-0.4, -0.2) is 63.7 Å². The van der Waals surface area contributed by atoms with Crippen molar-refractivity contribution in [3.63, 3.8) is 0 Å². The van der Waals surface area contributed by atoms with E-state index in [1.54, 1.807) is 6.92 Å². The van der Waals surface area contributed by atoms with Crippen molar-refractivity contribution in [1.29, 1.82) is 0 Å². The molecule has 2 saturated heterocycles. The van der Waals surface area contributed by atoms with E-state index in [4.69, 9.17) is 4.74 Å². The fourth-order valence-corrected chi connectivity index (χ4v) is 4.95. The molecule has 2 aromatic rings. The number of pyridine rings is 1. The molecule has 4 heterocycles. The minimum Gasteiger partial charge on any atom is -0.388 e. The molecule has 0 bridgehead atoms. The molecule has 0 saturated carbocycles. The minimum absolute atomic E-state index is 0.0195. The number of hydrogen-bond acceptors (Lipinski definition) is 6. The average molecular weight is 432 g/mol. The van der Waals surface area contributed by atoms with Crippen molar-refractivity contribution in [2.45, 2.75) is 43.4 Å². The van der Waals surface area contributed by atoms with Crippen molar-refractivity contribution in [3.05, 3.63) is 56.6 Å². The van der Waals surface area contributed by atoms with Crippen molar-refractivity contribution in [2.75, 3.05) is 19.7 Å². The molecular weight excluding hydrogens is 406 g/mol. The largest absolute Gasteiger partial charge is 0.388 e. The number of amides is 2. The van der Waals surface area contributed by atoms with Crippen LogP contribution in [0.15, 0.2) is 39.8 Å². The van der Waals surface area contributed by atoms with Crippen LogP contribution in [0.4, 0.5) is 0 Å². The number of thiophene rings is 1. The highest BCUT2D eigenvalue weighted by atomic mass is 32.1. The standard InChI is InChI=1S/C21H25N3O5S/c1-20(23-18(27)15-3-2-4-17(26)22-15)13-21(29-11-16(20)25)6-8-24(9-7-21)19(28)14-5-10-30-12-14/h2-5,10,12,16,25H,6-9,11,13H2,1H3,(H,22,26)(H,23,27)/t16-,20-/m0/s1. The molecule has 2 aromatic heterocycles. The van der Waals surface area contributed by atoms with Gasteiger partial charge in [0.1, 0.15) is 11.8 Å². The number of hydrogen-bond donors (Lipinski definition) is 3. The fraction of sp³-hybridized carbons (Fsp3) is 0.476. The van der Waals surface area contributed by atoms with Crippen LogP contribution in [0.5, 0.6) is 0 Å². The summed E-state index contributed by atoms with van der Waals surface area (Å²) in [6.07, 6.45) is 0.796. The van der Waals surface area contributed by atoms with Crippen LogP contribution in [0.25, 0.3) is 0 Å². The van der Waals surface area contributed by atoms with Crippen molar-refractivity contribution in [1.82, 2.24) is 15.2 Å². The number of nitrogens with one attached hydrogen (secondary N) is 2. The smallest absolute Gasteiger partial charge is 0.268 e. The first-order valence-electron chi connectivity index (χ1n) is 9.96. The quantitative estimate of drug-likeness (QED) is 0.680. The maximum atomic E-state index is 12.7. The van der Waals surface area contributed by atoms with Gasteiger partial charge < -0.3 is 25.0 Å². The number of likely N-dealkylation sites (tertiary alicyclic amines) is 1. The van der Waals surface area contributed by atoms with Gasteiger partial charge in [-0.15, -0.1) is 0 Å². The molecule has 9 heteroatoms. The first-order chi connectivity index (χ1) is 14.3. The zero-order valence-corrected chi connectivity index (χ0v) is 17.5. The number of ether oxygens (including phenoxy) is 1. The SMILES string of the molecule is C[C@]1(NC(=O)c2cccc(=O)[nH]2)CC2(CCN(C(=O)c3ccsc3)CC2)OC[C@@H]1O. The van der Waals surface area contributed by atoms with Crippen molar-refractivity contribution >= 4 is 23.2 Å². The minimum atomic E-state index is -0.915. The number of rotatable bonds is 3. The molecule has 30 heavy (non-hydrogen) atoms. The number of carbonyl (C=O) groups is 2. The van der Waals surface area contributed by atoms with Crippen molar-refractivity contribution in [3.8, 4) is 0 Å². The van der Waals surface area contributed by atoms with E-state index in [1.807, 2.05) is 21.7 Å². The molecule has 0 aliphatic carbocycles. The maximum Gasteiger partial charge on any atom is 0.268 e. The van der Waals surface area contributed by atoms with E-state index >= 15 is 0 Å². The first-order valence-corrected chi connectivity index (χ1v) is 10.9. The third-order valence-corrected chi connectivity index (χ3v) is 6.80. The second-order valence-corrected chi connectivity index (χ2v) is 9.07. The highest BCUT2D eigenvalue weighted by Gasteiger charge is 2.50. The van der Waals surface area contributed by atoms with Gasteiger partial charge in [-0.05, 0) is 37.3 Å². The Kier molecular flexibility index (Phi) is 5.52. The van der Waals surface area contributed by atoms with E-state index in [9.17, 15) is 19.5 Å². The van der Waals surface area contributed by atoms with Gasteiger partial charge in [0.05, 0.1) is 23.3 Å². The van der Waals surface area contributed by atoms with Gasteiger partial charge in [-0.2, -0.15) is 11.3 Å². The van der Waals surface area contributed by atoms with Crippen LogP contribution in [-0.2, 0) is 4.74 Å². The Hall–Kier alpha value is -2.49. The van der Waals surface area contributed by atoms with Crippen LogP contribution < -0.4 is 10.9 Å². The van der Waals surface area contributed by atoms with Gasteiger partial charge in [-0.25, -0.2) is 0 Å². The molecule has 2 aliphatic rings. The molecule has 1 spiro atoms. The van der Waals surface area contributed by atoms with E-state index < -0.39 is 23.2 Å². The average Bonchev–Trinajstić information content (AvgIpc) is 3.26. The summed E-state index contributed by atoms with van der Waals surface area (Å²) in [7, 11) is 0. The number of aromatic amines is 1. The summed E-state index contributed by atoms with van der Waals surface area (Å²) in [5.41, 5.74) is -0.949. The summed E-state index contributed by atoms with van der Waals surface area (Å²) >= 11 is 1.50. The lowest BCUT2D eigenvalue weighted by molar-refractivity contribution is -0.175. The summed E-state index contributed by atoms with van der Waals surface area (Å²) in [6, 6.07) is 6.20. The third kappa shape index (κ3) is 4.05. The maximum absolute atomic E-state index is 12.7. The Morgan fingerprint density at radius 3 is 2.73 bits per heavy atom. The number of carbonyl (C=O) groups excluding carboxylic acids is 2. The monoisotopic (exact) mass is 431 g/mol. The second kappa shape index (κ2) is 7.98. The van der Waals surface area contributed by atoms with E-state index in [2.05, 4.69) is 10.3 Å². The summed E-state index contributed by atoms with van der Waals surface area (Å²) in [5, 5.41) is 17.2. The second-order valence-electron chi connectivity index (χ2n) is 8.29. The molecule has 0 unspecified atom stereocenters. The third-order valence-electron chi connectivity index (χ3n) is 6.11. The summed E-state index contributed by atoms with van der Waals surface area (Å²) < 4.78 is 6.04. The predicted octanol–water partition coefficient (Wildman–Crippen LogP) is 1.38. The number of aliphatic hydroxyl groups is 1. The van der Waals surface area contributed by atoms with Crippen LogP contribution in [0.3, 0.4) is 0 Å². The number of aliphatic hydroxyl groups excluding tert-OH is 1. The fourth-order valence-electron chi connectivity index (χ4n) is 4.32. The zero-order chi connectivity index (χ0) is 21.4. The lowest BCUT2D eigenvalue weighted by atomic mass is 9.74. The van der Waals surface area contributed by atoms with Crippen LogP contribution in [0.1, 0.15) is 47.0 Å². The highest BCUT2D eigenvalue weighted by Crippen LogP contribution is 2.40. The van der Waals surface area contributed by atoms with Crippen LogP contribution >= 0.6 is 11.3 Å². The number of H-pyrrole nitrogens is 1. The number of nitrogens with zero attached hydrogens (tertiary/aromatic N) is 1. The van der Waals surface area contributed by atoms with Gasteiger partial charge >= 0.3 is 0 Å². The topological polar surface area (TPSA) is 112 Å². The highest BCUT2D eigenvalue weighted by molar-refractivity contribution is 7.08. The Labute approximate surface area is 177 Å². The lowest BCUT2D eigenvalue weighted by Crippen LogP contribution is -2.65. The van der Waals surface area contributed by atoms with Gasteiger partial charge in [-0.3, -0.25) is 14.4 Å². The summed E-state index contributed by atoms with van der Waals surface area (Å²) in [6.45, 7) is 3.01. The van der Waals surface area contributed by atoms with Crippen molar-refractivity contribution < 1.29 is 19.4 Å². The first kappa shape index (κ1) is 20.8. The molecule has 2 aliphatic heterocycles. The summed E-state index contributed by atoms with van der Waals surface area (Å²) in [4.78, 5) is 41.1. The Balaban J connectivity index is 1.44. The van der Waals surface area contributed by atoms with E-state index in [1.165, 1.54) is 29.5 Å². The predicted molar refractivity (Wildman–Crippen MR) is 112 cm³/mol. The van der Waals surface area contributed by atoms with Crippen LogP contribution in [0.2, 0.25) is 0 Å². The van der Waals surface area contributed by atoms with E-state index in [0.717, 1.165) is 0 Å². The molecule has 0 radical (unpaired) electrons. The molecule has 4 rings (SSSR count). The van der Waals surface area contributed by atoms with E-state index in [0.29, 0.717) is 37.9 Å². The number of aromatic nitrogens is 1. The molecule has 2 amide bonds. The Bertz CT molecular complexity index is 981. The van der Waals surface area contributed by atoms with Gasteiger partial charge in [0, 0.05) is 31.0 Å². The van der Waals surface area contributed by atoms with Gasteiger partial charge in [0.25, 0.3) is 11.8 Å². The molecule has 0 aromatic carbocycles. The normalized spacial score (nSPS) is 25.8. The molecule has 160 valence electrons.